The van der Waals surface area contributed by atoms with E-state index in [-0.39, 0.29) is 22.3 Å². The van der Waals surface area contributed by atoms with Crippen LogP contribution < -0.4 is 10.9 Å². The molecule has 0 bridgehead atoms. The van der Waals surface area contributed by atoms with Crippen molar-refractivity contribution in [3.8, 4) is 0 Å². The average molecular weight is 342 g/mol. The third-order valence-electron chi connectivity index (χ3n) is 3.51. The quantitative estimate of drug-likeness (QED) is 0.871. The van der Waals surface area contributed by atoms with Gasteiger partial charge in [-0.2, -0.15) is 0 Å². The molecule has 0 saturated carbocycles. The van der Waals surface area contributed by atoms with Crippen LogP contribution in [0.2, 0.25) is 10.0 Å². The van der Waals surface area contributed by atoms with Crippen LogP contribution >= 0.6 is 23.2 Å². The number of rotatable bonds is 3. The lowest BCUT2D eigenvalue weighted by Gasteiger charge is -2.10. The van der Waals surface area contributed by atoms with E-state index in [2.05, 4.69) is 5.32 Å². The molecule has 5 nitrogen and oxygen atoms in total. The summed E-state index contributed by atoms with van der Waals surface area (Å²) in [6.07, 6.45) is 1.88. The summed E-state index contributed by atoms with van der Waals surface area (Å²) in [5.41, 5.74) is -0.600. The molecule has 1 amide bonds. The monoisotopic (exact) mass is 341 g/mol. The highest BCUT2D eigenvalue weighted by Gasteiger charge is 2.19. The maximum absolute atomic E-state index is 12.1. The fourth-order valence-corrected chi connectivity index (χ4v) is 2.97. The predicted octanol–water partition coefficient (Wildman–Crippen LogP) is 3.01. The molecule has 1 N–H and O–H groups in total. The minimum Gasteiger partial charge on any atom is -0.421 e. The van der Waals surface area contributed by atoms with Crippen molar-refractivity contribution >= 4 is 40.1 Å². The number of halogens is 2. The predicted molar refractivity (Wildman–Crippen MR) is 83.8 cm³/mol. The highest BCUT2D eigenvalue weighted by atomic mass is 35.5. The molecule has 1 saturated heterocycles. The Balaban J connectivity index is 1.87. The number of hydrogen-bond donors (Lipinski definition) is 1. The zero-order chi connectivity index (χ0) is 15.7. The summed E-state index contributed by atoms with van der Waals surface area (Å²) < 4.78 is 10.6. The minimum absolute atomic E-state index is 0.000311. The molecule has 0 aliphatic carbocycles. The van der Waals surface area contributed by atoms with E-state index in [0.29, 0.717) is 23.6 Å². The first-order valence-corrected chi connectivity index (χ1v) is 7.63. The smallest absolute Gasteiger partial charge is 0.349 e. The summed E-state index contributed by atoms with van der Waals surface area (Å²) in [7, 11) is 0. The Bertz CT molecular complexity index is 781. The first-order valence-electron chi connectivity index (χ1n) is 6.87. The number of carbonyl (C=O) groups excluding carboxylic acids is 1. The molecule has 1 aliphatic heterocycles. The standard InChI is InChI=1S/C15H13Cl2NO4/c16-9-4-8-5-11(15(20)22-13(8)12(17)6-9)14(19)18-7-10-2-1-3-21-10/h4-6,10H,1-3,7H2,(H,18,19)/t10-/m0/s1. The van der Waals surface area contributed by atoms with Crippen molar-refractivity contribution in [2.45, 2.75) is 18.9 Å². The highest BCUT2D eigenvalue weighted by molar-refractivity contribution is 6.38. The van der Waals surface area contributed by atoms with Crippen LogP contribution in [-0.2, 0) is 4.74 Å². The van der Waals surface area contributed by atoms with Gasteiger partial charge in [-0.1, -0.05) is 23.2 Å². The van der Waals surface area contributed by atoms with Crippen LogP contribution in [0.3, 0.4) is 0 Å². The van der Waals surface area contributed by atoms with Crippen LogP contribution in [0.1, 0.15) is 23.2 Å². The maximum atomic E-state index is 12.1. The van der Waals surface area contributed by atoms with Crippen LogP contribution in [0, 0.1) is 0 Å². The second-order valence-electron chi connectivity index (χ2n) is 5.10. The minimum atomic E-state index is -0.735. The van der Waals surface area contributed by atoms with Crippen LogP contribution in [0.15, 0.2) is 27.4 Å². The van der Waals surface area contributed by atoms with Crippen LogP contribution in [0.5, 0.6) is 0 Å². The van der Waals surface area contributed by atoms with Crippen molar-refractivity contribution in [3.05, 3.63) is 44.2 Å². The van der Waals surface area contributed by atoms with Gasteiger partial charge in [-0.05, 0) is 31.0 Å². The Labute approximate surface area is 136 Å². The van der Waals surface area contributed by atoms with Crippen molar-refractivity contribution in [1.82, 2.24) is 5.32 Å². The molecule has 2 aromatic rings. The number of fused-ring (bicyclic) bond motifs is 1. The van der Waals surface area contributed by atoms with E-state index in [4.69, 9.17) is 32.4 Å². The van der Waals surface area contributed by atoms with Crippen molar-refractivity contribution in [2.75, 3.05) is 13.2 Å². The number of amides is 1. The Morgan fingerprint density at radius 2 is 2.14 bits per heavy atom. The number of benzene rings is 1. The number of hydrogen-bond acceptors (Lipinski definition) is 4. The Morgan fingerprint density at radius 3 is 2.86 bits per heavy atom. The first-order chi connectivity index (χ1) is 10.5. The summed E-state index contributed by atoms with van der Waals surface area (Å²) in [6, 6.07) is 4.50. The zero-order valence-corrected chi connectivity index (χ0v) is 13.0. The Kier molecular flexibility index (Phi) is 4.38. The van der Waals surface area contributed by atoms with Crippen molar-refractivity contribution < 1.29 is 13.9 Å². The molecule has 0 radical (unpaired) electrons. The van der Waals surface area contributed by atoms with E-state index in [1.165, 1.54) is 12.1 Å². The van der Waals surface area contributed by atoms with E-state index in [0.717, 1.165) is 12.8 Å². The molecule has 1 atom stereocenters. The lowest BCUT2D eigenvalue weighted by molar-refractivity contribution is 0.0855. The molecule has 7 heteroatoms. The molecular weight excluding hydrogens is 329 g/mol. The van der Waals surface area contributed by atoms with Gasteiger partial charge < -0.3 is 14.5 Å². The molecule has 1 aliphatic rings. The second-order valence-corrected chi connectivity index (χ2v) is 5.94. The third-order valence-corrected chi connectivity index (χ3v) is 4.01. The van der Waals surface area contributed by atoms with Gasteiger partial charge in [-0.3, -0.25) is 4.79 Å². The van der Waals surface area contributed by atoms with Gasteiger partial charge in [-0.15, -0.1) is 0 Å². The summed E-state index contributed by atoms with van der Waals surface area (Å²) >= 11 is 11.9. The lowest BCUT2D eigenvalue weighted by Crippen LogP contribution is -2.34. The first kappa shape index (κ1) is 15.3. The SMILES string of the molecule is O=C(NC[C@@H]1CCCO1)c1cc2cc(Cl)cc(Cl)c2oc1=O. The number of carbonyl (C=O) groups is 1. The van der Waals surface area contributed by atoms with E-state index in [9.17, 15) is 9.59 Å². The largest absolute Gasteiger partial charge is 0.421 e. The van der Waals surface area contributed by atoms with Gasteiger partial charge in [0.05, 0.1) is 11.1 Å². The van der Waals surface area contributed by atoms with Gasteiger partial charge in [0, 0.05) is 23.6 Å². The van der Waals surface area contributed by atoms with E-state index in [1.54, 1.807) is 6.07 Å². The highest BCUT2D eigenvalue weighted by Crippen LogP contribution is 2.27. The maximum Gasteiger partial charge on any atom is 0.349 e. The average Bonchev–Trinajstić information content (AvgIpc) is 2.98. The van der Waals surface area contributed by atoms with Gasteiger partial charge in [0.15, 0.2) is 5.58 Å². The lowest BCUT2D eigenvalue weighted by atomic mass is 10.1. The molecular formula is C15H13Cl2NO4. The molecule has 116 valence electrons. The fraction of sp³-hybridized carbons (Fsp3) is 0.333. The van der Waals surface area contributed by atoms with Crippen LogP contribution in [0.25, 0.3) is 11.0 Å². The second kappa shape index (κ2) is 6.28. The van der Waals surface area contributed by atoms with Gasteiger partial charge in [0.2, 0.25) is 0 Å². The van der Waals surface area contributed by atoms with Gasteiger partial charge in [0.25, 0.3) is 5.91 Å². The molecule has 3 rings (SSSR count). The summed E-state index contributed by atoms with van der Waals surface area (Å²) in [5.74, 6) is -0.498. The Morgan fingerprint density at radius 1 is 1.32 bits per heavy atom. The Hall–Kier alpha value is -1.56. The molecule has 0 unspecified atom stereocenters. The van der Waals surface area contributed by atoms with Crippen LogP contribution in [0.4, 0.5) is 0 Å². The van der Waals surface area contributed by atoms with Gasteiger partial charge in [-0.25, -0.2) is 4.79 Å². The fourth-order valence-electron chi connectivity index (χ4n) is 2.42. The van der Waals surface area contributed by atoms with E-state index >= 15 is 0 Å². The molecule has 22 heavy (non-hydrogen) atoms. The van der Waals surface area contributed by atoms with Crippen molar-refractivity contribution in [3.63, 3.8) is 0 Å². The third kappa shape index (κ3) is 3.11. The van der Waals surface area contributed by atoms with Gasteiger partial charge >= 0.3 is 5.63 Å². The van der Waals surface area contributed by atoms with Crippen molar-refractivity contribution in [2.24, 2.45) is 0 Å². The molecule has 0 spiro atoms. The molecule has 1 fully saturated rings. The van der Waals surface area contributed by atoms with E-state index < -0.39 is 11.5 Å². The molecule has 1 aromatic heterocycles. The summed E-state index contributed by atoms with van der Waals surface area (Å²) in [6.45, 7) is 1.07. The van der Waals surface area contributed by atoms with Gasteiger partial charge in [0.1, 0.15) is 5.56 Å². The number of ether oxygens (including phenoxy) is 1. The van der Waals surface area contributed by atoms with E-state index in [1.807, 2.05) is 0 Å². The van der Waals surface area contributed by atoms with Crippen molar-refractivity contribution in [1.29, 1.82) is 0 Å². The summed E-state index contributed by atoms with van der Waals surface area (Å²) in [5, 5.41) is 3.81. The number of nitrogens with one attached hydrogen (secondary N) is 1. The topological polar surface area (TPSA) is 68.5 Å². The summed E-state index contributed by atoms with van der Waals surface area (Å²) in [4.78, 5) is 24.1. The molecule has 1 aromatic carbocycles. The van der Waals surface area contributed by atoms with Crippen LogP contribution in [-0.4, -0.2) is 25.2 Å². The normalized spacial score (nSPS) is 17.8. The molecule has 2 heterocycles. The zero-order valence-electron chi connectivity index (χ0n) is 11.5.